The van der Waals surface area contributed by atoms with E-state index in [1.165, 1.54) is 15.9 Å². The van der Waals surface area contributed by atoms with Crippen LogP contribution in [0.1, 0.15) is 25.8 Å². The number of aromatic nitrogens is 3. The summed E-state index contributed by atoms with van der Waals surface area (Å²) in [5.41, 5.74) is 0.912. The Bertz CT molecular complexity index is 917. The predicted octanol–water partition coefficient (Wildman–Crippen LogP) is 2.38. The topological polar surface area (TPSA) is 90.0 Å². The molecule has 23 heavy (non-hydrogen) atoms. The van der Waals surface area contributed by atoms with Gasteiger partial charge in [-0.3, -0.25) is 14.7 Å². The highest BCUT2D eigenvalue weighted by Crippen LogP contribution is 2.27. The quantitative estimate of drug-likeness (QED) is 0.795. The Kier molecular flexibility index (Phi) is 3.77. The Morgan fingerprint density at radius 1 is 1.30 bits per heavy atom. The number of carbonyl (C=O) groups is 1. The molecule has 1 N–H and O–H groups in total. The van der Waals surface area contributed by atoms with Gasteiger partial charge in [0, 0.05) is 5.41 Å². The van der Waals surface area contributed by atoms with Crippen LogP contribution in [0.2, 0.25) is 0 Å². The highest BCUT2D eigenvalue weighted by molar-refractivity contribution is 7.15. The molecule has 0 radical (unpaired) electrons. The Hall–Kier alpha value is -2.48. The Morgan fingerprint density at radius 3 is 2.74 bits per heavy atom. The zero-order valence-corrected chi connectivity index (χ0v) is 13.8. The van der Waals surface area contributed by atoms with Crippen molar-refractivity contribution in [1.29, 1.82) is 0 Å². The van der Waals surface area contributed by atoms with Gasteiger partial charge in [0.15, 0.2) is 5.58 Å². The van der Waals surface area contributed by atoms with Gasteiger partial charge in [0.25, 0.3) is 0 Å². The fourth-order valence-corrected chi connectivity index (χ4v) is 2.86. The summed E-state index contributed by atoms with van der Waals surface area (Å²) in [6.45, 7) is 5.93. The molecule has 0 aliphatic rings. The van der Waals surface area contributed by atoms with Gasteiger partial charge in [0.05, 0.1) is 5.52 Å². The van der Waals surface area contributed by atoms with Crippen LogP contribution in [-0.4, -0.2) is 20.7 Å². The lowest BCUT2D eigenvalue weighted by molar-refractivity contribution is -0.116. The van der Waals surface area contributed by atoms with E-state index in [2.05, 4.69) is 15.5 Å². The first-order chi connectivity index (χ1) is 10.8. The van der Waals surface area contributed by atoms with Crippen molar-refractivity contribution >= 4 is 33.5 Å². The molecule has 0 saturated heterocycles. The summed E-state index contributed by atoms with van der Waals surface area (Å²) in [4.78, 5) is 24.0. The van der Waals surface area contributed by atoms with Gasteiger partial charge in [-0.1, -0.05) is 44.2 Å². The average Bonchev–Trinajstić information content (AvgIpc) is 3.04. The number of benzene rings is 1. The average molecular weight is 332 g/mol. The lowest BCUT2D eigenvalue weighted by Gasteiger charge is -2.12. The predicted molar refractivity (Wildman–Crippen MR) is 87.7 cm³/mol. The van der Waals surface area contributed by atoms with Crippen LogP contribution in [0.15, 0.2) is 33.5 Å². The molecule has 1 amide bonds. The first kappa shape index (κ1) is 15.4. The molecular weight excluding hydrogens is 316 g/mol. The molecule has 0 aliphatic carbocycles. The minimum absolute atomic E-state index is 0.127. The number of nitrogens with zero attached hydrogens (tertiary/aromatic N) is 3. The lowest BCUT2D eigenvalue weighted by Crippen LogP contribution is -2.24. The summed E-state index contributed by atoms with van der Waals surface area (Å²) < 4.78 is 6.39. The summed E-state index contributed by atoms with van der Waals surface area (Å²) in [5, 5.41) is 12.0. The molecule has 8 heteroatoms. The minimum atomic E-state index is -0.561. The van der Waals surface area contributed by atoms with Gasteiger partial charge in [-0.25, -0.2) is 4.79 Å². The number of nitrogens with one attached hydrogen (secondary N) is 1. The zero-order valence-electron chi connectivity index (χ0n) is 13.0. The van der Waals surface area contributed by atoms with E-state index >= 15 is 0 Å². The van der Waals surface area contributed by atoms with E-state index in [4.69, 9.17) is 4.42 Å². The Labute approximate surface area is 136 Å². The van der Waals surface area contributed by atoms with Crippen molar-refractivity contribution in [3.63, 3.8) is 0 Å². The van der Waals surface area contributed by atoms with Crippen molar-refractivity contribution in [3.8, 4) is 0 Å². The molecule has 1 aromatic carbocycles. The molecular formula is C15H16N4O3S. The SMILES string of the molecule is CC(C)(C)c1nnc(NC(=O)Cn2c(=O)oc3ccccc32)s1. The number of oxazole rings is 1. The fourth-order valence-electron chi connectivity index (χ4n) is 2.04. The summed E-state index contributed by atoms with van der Waals surface area (Å²) in [6.07, 6.45) is 0. The highest BCUT2D eigenvalue weighted by Gasteiger charge is 2.20. The molecule has 0 atom stereocenters. The molecule has 0 bridgehead atoms. The van der Waals surface area contributed by atoms with Crippen LogP contribution >= 0.6 is 11.3 Å². The lowest BCUT2D eigenvalue weighted by atomic mass is 9.98. The molecule has 3 aromatic rings. The summed E-state index contributed by atoms with van der Waals surface area (Å²) in [6, 6.07) is 6.97. The maximum Gasteiger partial charge on any atom is 0.420 e. The number of para-hydroxylation sites is 2. The zero-order chi connectivity index (χ0) is 16.6. The largest absolute Gasteiger partial charge is 0.420 e. The first-order valence-electron chi connectivity index (χ1n) is 7.07. The van der Waals surface area contributed by atoms with E-state index in [0.29, 0.717) is 16.2 Å². The van der Waals surface area contributed by atoms with E-state index in [1.54, 1.807) is 24.3 Å². The van der Waals surface area contributed by atoms with Gasteiger partial charge in [0.1, 0.15) is 11.6 Å². The molecule has 3 rings (SSSR count). The van der Waals surface area contributed by atoms with Crippen molar-refractivity contribution in [2.24, 2.45) is 0 Å². The van der Waals surface area contributed by atoms with E-state index in [9.17, 15) is 9.59 Å². The van der Waals surface area contributed by atoms with E-state index in [1.807, 2.05) is 20.8 Å². The van der Waals surface area contributed by atoms with Crippen LogP contribution in [0, 0.1) is 0 Å². The minimum Gasteiger partial charge on any atom is -0.408 e. The van der Waals surface area contributed by atoms with Crippen LogP contribution < -0.4 is 11.1 Å². The maximum atomic E-state index is 12.2. The number of fused-ring (bicyclic) bond motifs is 1. The van der Waals surface area contributed by atoms with Gasteiger partial charge < -0.3 is 4.42 Å². The highest BCUT2D eigenvalue weighted by atomic mass is 32.1. The van der Waals surface area contributed by atoms with Gasteiger partial charge in [-0.2, -0.15) is 0 Å². The molecule has 0 saturated carbocycles. The third-order valence-electron chi connectivity index (χ3n) is 3.19. The second-order valence-electron chi connectivity index (χ2n) is 6.13. The van der Waals surface area contributed by atoms with Crippen LogP contribution in [-0.2, 0) is 16.8 Å². The van der Waals surface area contributed by atoms with Crippen molar-refractivity contribution < 1.29 is 9.21 Å². The molecule has 0 spiro atoms. The number of carbonyl (C=O) groups excluding carboxylic acids is 1. The molecule has 2 aromatic heterocycles. The third-order valence-corrected chi connectivity index (χ3v) is 4.45. The fraction of sp³-hybridized carbons (Fsp3) is 0.333. The van der Waals surface area contributed by atoms with Crippen LogP contribution in [0.3, 0.4) is 0 Å². The normalized spacial score (nSPS) is 11.8. The monoisotopic (exact) mass is 332 g/mol. The van der Waals surface area contributed by atoms with E-state index in [-0.39, 0.29) is 17.9 Å². The van der Waals surface area contributed by atoms with Gasteiger partial charge in [-0.05, 0) is 12.1 Å². The molecule has 120 valence electrons. The van der Waals surface area contributed by atoms with Gasteiger partial charge in [-0.15, -0.1) is 10.2 Å². The van der Waals surface area contributed by atoms with Crippen LogP contribution in [0.25, 0.3) is 11.1 Å². The Balaban J connectivity index is 1.78. The van der Waals surface area contributed by atoms with Crippen molar-refractivity contribution in [2.45, 2.75) is 32.7 Å². The Morgan fingerprint density at radius 2 is 2.04 bits per heavy atom. The molecule has 7 nitrogen and oxygen atoms in total. The standard InChI is InChI=1S/C15H16N4O3S/c1-15(2,3)12-17-18-13(23-12)16-11(20)8-19-9-6-4-5-7-10(9)22-14(19)21/h4-7H,8H2,1-3H3,(H,16,18,20). The first-order valence-corrected chi connectivity index (χ1v) is 7.88. The molecule has 0 aliphatic heterocycles. The maximum absolute atomic E-state index is 12.2. The van der Waals surface area contributed by atoms with Crippen LogP contribution in [0.4, 0.5) is 5.13 Å². The van der Waals surface area contributed by atoms with Crippen molar-refractivity contribution in [2.75, 3.05) is 5.32 Å². The molecule has 2 heterocycles. The van der Waals surface area contributed by atoms with Crippen LogP contribution in [0.5, 0.6) is 0 Å². The van der Waals surface area contributed by atoms with Gasteiger partial charge in [0.2, 0.25) is 11.0 Å². The van der Waals surface area contributed by atoms with Crippen molar-refractivity contribution in [3.05, 3.63) is 39.8 Å². The number of hydrogen-bond acceptors (Lipinski definition) is 6. The molecule has 0 fully saturated rings. The van der Waals surface area contributed by atoms with Crippen molar-refractivity contribution in [1.82, 2.24) is 14.8 Å². The summed E-state index contributed by atoms with van der Waals surface area (Å²) in [5.74, 6) is -0.913. The van der Waals surface area contributed by atoms with E-state index < -0.39 is 5.76 Å². The van der Waals surface area contributed by atoms with E-state index in [0.717, 1.165) is 5.01 Å². The third kappa shape index (κ3) is 3.16. The summed E-state index contributed by atoms with van der Waals surface area (Å²) in [7, 11) is 0. The second-order valence-corrected chi connectivity index (χ2v) is 7.11. The number of hydrogen-bond donors (Lipinski definition) is 1. The smallest absolute Gasteiger partial charge is 0.408 e. The van der Waals surface area contributed by atoms with Gasteiger partial charge >= 0.3 is 5.76 Å². The second kappa shape index (κ2) is 5.62. The number of rotatable bonds is 3. The number of anilines is 1. The summed E-state index contributed by atoms with van der Waals surface area (Å²) >= 11 is 1.32. The molecule has 0 unspecified atom stereocenters. The number of amides is 1.